The molecule has 8 heteroatoms. The maximum absolute atomic E-state index is 12.9. The standard InChI is InChI=1S/C23H21N5O2S/c29-20-14-18(17-10-5-2-6-11-17)25-22-28(20)26-23(31-22)27-13-7-12-19(27)21(30)24-15-16-8-3-1-4-9-16/h1-6,8-11,14,19H,7,12-13,15H2,(H,24,30)/t19-/m1/s1. The maximum atomic E-state index is 12.9. The Morgan fingerprint density at radius 1 is 1.10 bits per heavy atom. The normalized spacial score (nSPS) is 16.0. The minimum absolute atomic E-state index is 0.0223. The van der Waals surface area contributed by atoms with Crippen molar-refractivity contribution in [1.82, 2.24) is 19.9 Å². The summed E-state index contributed by atoms with van der Waals surface area (Å²) in [6.07, 6.45) is 1.66. The average molecular weight is 432 g/mol. The van der Waals surface area contributed by atoms with Gasteiger partial charge in [0.2, 0.25) is 16.0 Å². The first-order valence-corrected chi connectivity index (χ1v) is 11.1. The largest absolute Gasteiger partial charge is 0.350 e. The SMILES string of the molecule is O=C(NCc1ccccc1)[C@H]1CCCN1c1nn2c(=O)cc(-c3ccccc3)nc2s1. The van der Waals surface area contributed by atoms with Gasteiger partial charge in [-0.3, -0.25) is 9.59 Å². The number of hydrogen-bond acceptors (Lipinski definition) is 6. The fraction of sp³-hybridized carbons (Fsp3) is 0.217. The fourth-order valence-electron chi connectivity index (χ4n) is 3.84. The van der Waals surface area contributed by atoms with Crippen molar-refractivity contribution in [2.24, 2.45) is 0 Å². The minimum Gasteiger partial charge on any atom is -0.350 e. The molecule has 3 heterocycles. The van der Waals surface area contributed by atoms with Crippen LogP contribution in [-0.2, 0) is 11.3 Å². The lowest BCUT2D eigenvalue weighted by Gasteiger charge is -2.22. The van der Waals surface area contributed by atoms with E-state index in [9.17, 15) is 9.59 Å². The van der Waals surface area contributed by atoms with Gasteiger partial charge in [0.05, 0.1) is 5.69 Å². The van der Waals surface area contributed by atoms with Gasteiger partial charge in [0, 0.05) is 24.7 Å². The predicted molar refractivity (Wildman–Crippen MR) is 121 cm³/mol. The van der Waals surface area contributed by atoms with Gasteiger partial charge in [0.1, 0.15) is 6.04 Å². The Morgan fingerprint density at radius 3 is 2.61 bits per heavy atom. The zero-order chi connectivity index (χ0) is 21.2. The molecular weight excluding hydrogens is 410 g/mol. The molecule has 4 aromatic rings. The molecule has 31 heavy (non-hydrogen) atoms. The second kappa shape index (κ2) is 8.31. The van der Waals surface area contributed by atoms with Crippen LogP contribution in [0.25, 0.3) is 16.2 Å². The van der Waals surface area contributed by atoms with Crippen molar-refractivity contribution in [3.8, 4) is 11.3 Å². The van der Waals surface area contributed by atoms with Crippen LogP contribution in [0.2, 0.25) is 0 Å². The molecule has 0 unspecified atom stereocenters. The third-order valence-electron chi connectivity index (χ3n) is 5.41. The molecule has 0 radical (unpaired) electrons. The van der Waals surface area contributed by atoms with Crippen molar-refractivity contribution in [2.45, 2.75) is 25.4 Å². The molecule has 1 aliphatic rings. The number of benzene rings is 2. The van der Waals surface area contributed by atoms with Crippen LogP contribution in [-0.4, -0.2) is 33.1 Å². The number of fused-ring (bicyclic) bond motifs is 1. The number of anilines is 1. The molecule has 1 atom stereocenters. The lowest BCUT2D eigenvalue weighted by atomic mass is 10.1. The Balaban J connectivity index is 1.39. The molecule has 0 aliphatic carbocycles. The molecule has 1 N–H and O–H groups in total. The molecule has 156 valence electrons. The van der Waals surface area contributed by atoms with Crippen molar-refractivity contribution in [3.05, 3.63) is 82.6 Å². The Kier molecular flexibility index (Phi) is 5.21. The van der Waals surface area contributed by atoms with E-state index in [0.717, 1.165) is 30.5 Å². The first-order chi connectivity index (χ1) is 15.2. The first kappa shape index (κ1) is 19.4. The van der Waals surface area contributed by atoms with Crippen molar-refractivity contribution in [3.63, 3.8) is 0 Å². The van der Waals surface area contributed by atoms with E-state index in [1.807, 2.05) is 65.6 Å². The van der Waals surface area contributed by atoms with E-state index in [2.05, 4.69) is 15.4 Å². The summed E-state index contributed by atoms with van der Waals surface area (Å²) in [4.78, 5) is 32.7. The van der Waals surface area contributed by atoms with Crippen LogP contribution in [0.4, 0.5) is 5.13 Å². The maximum Gasteiger partial charge on any atom is 0.275 e. The number of nitrogens with zero attached hydrogens (tertiary/aromatic N) is 4. The highest BCUT2D eigenvalue weighted by atomic mass is 32.1. The second-order valence-corrected chi connectivity index (χ2v) is 8.41. The molecule has 1 aliphatic heterocycles. The van der Waals surface area contributed by atoms with Crippen molar-refractivity contribution < 1.29 is 4.79 Å². The van der Waals surface area contributed by atoms with Gasteiger partial charge in [-0.1, -0.05) is 72.0 Å². The van der Waals surface area contributed by atoms with Gasteiger partial charge in [-0.25, -0.2) is 4.98 Å². The number of rotatable bonds is 5. The average Bonchev–Trinajstić information content (AvgIpc) is 3.46. The second-order valence-electron chi connectivity index (χ2n) is 7.48. The summed E-state index contributed by atoms with van der Waals surface area (Å²) in [6.45, 7) is 1.22. The van der Waals surface area contributed by atoms with Crippen LogP contribution < -0.4 is 15.8 Å². The molecule has 5 rings (SSSR count). The van der Waals surface area contributed by atoms with Gasteiger partial charge in [0.15, 0.2) is 0 Å². The van der Waals surface area contributed by atoms with Gasteiger partial charge in [-0.2, -0.15) is 4.52 Å². The van der Waals surface area contributed by atoms with Crippen LogP contribution >= 0.6 is 11.3 Å². The summed E-state index contributed by atoms with van der Waals surface area (Å²) in [7, 11) is 0. The number of carbonyl (C=O) groups excluding carboxylic acids is 1. The zero-order valence-corrected chi connectivity index (χ0v) is 17.6. The highest BCUT2D eigenvalue weighted by molar-refractivity contribution is 7.20. The van der Waals surface area contributed by atoms with Crippen LogP contribution in [0.1, 0.15) is 18.4 Å². The van der Waals surface area contributed by atoms with Crippen LogP contribution in [0.3, 0.4) is 0 Å². The number of hydrogen-bond donors (Lipinski definition) is 1. The summed E-state index contributed by atoms with van der Waals surface area (Å²) in [5.74, 6) is -0.0223. The number of amides is 1. The molecule has 0 spiro atoms. The monoisotopic (exact) mass is 431 g/mol. The Morgan fingerprint density at radius 2 is 1.84 bits per heavy atom. The van der Waals surface area contributed by atoms with E-state index in [1.165, 1.54) is 21.9 Å². The lowest BCUT2D eigenvalue weighted by Crippen LogP contribution is -2.43. The Labute approximate surface area is 183 Å². The van der Waals surface area contributed by atoms with Crippen molar-refractivity contribution in [1.29, 1.82) is 0 Å². The first-order valence-electron chi connectivity index (χ1n) is 10.2. The highest BCUT2D eigenvalue weighted by Crippen LogP contribution is 2.30. The molecular formula is C23H21N5O2S. The van der Waals surface area contributed by atoms with Gasteiger partial charge < -0.3 is 10.2 Å². The molecule has 0 saturated carbocycles. The molecule has 7 nitrogen and oxygen atoms in total. The van der Waals surface area contributed by atoms with E-state index < -0.39 is 0 Å². The highest BCUT2D eigenvalue weighted by Gasteiger charge is 2.33. The number of aromatic nitrogens is 3. The quantitative estimate of drug-likeness (QED) is 0.525. The summed E-state index contributed by atoms with van der Waals surface area (Å²) >= 11 is 1.34. The smallest absolute Gasteiger partial charge is 0.275 e. The third kappa shape index (κ3) is 3.94. The third-order valence-corrected chi connectivity index (χ3v) is 6.36. The Bertz CT molecular complexity index is 1270. The summed E-state index contributed by atoms with van der Waals surface area (Å²) in [6, 6.07) is 20.7. The van der Waals surface area contributed by atoms with E-state index in [4.69, 9.17) is 0 Å². The van der Waals surface area contributed by atoms with Crippen LogP contribution in [0, 0.1) is 0 Å². The molecule has 1 saturated heterocycles. The predicted octanol–water partition coefficient (Wildman–Crippen LogP) is 3.10. The zero-order valence-electron chi connectivity index (χ0n) is 16.8. The number of nitrogens with one attached hydrogen (secondary N) is 1. The van der Waals surface area contributed by atoms with Gasteiger partial charge in [0.25, 0.3) is 5.56 Å². The summed E-state index contributed by atoms with van der Waals surface area (Å²) in [5.41, 5.74) is 2.34. The molecule has 1 amide bonds. The lowest BCUT2D eigenvalue weighted by molar-refractivity contribution is -0.122. The Hall–Kier alpha value is -3.52. The van der Waals surface area contributed by atoms with Crippen LogP contribution in [0.15, 0.2) is 71.5 Å². The van der Waals surface area contributed by atoms with Crippen LogP contribution in [0.5, 0.6) is 0 Å². The molecule has 2 aromatic carbocycles. The summed E-state index contributed by atoms with van der Waals surface area (Å²) < 4.78 is 1.32. The molecule has 1 fully saturated rings. The van der Waals surface area contributed by atoms with Gasteiger partial charge >= 0.3 is 0 Å². The van der Waals surface area contributed by atoms with Crippen molar-refractivity contribution >= 4 is 27.3 Å². The van der Waals surface area contributed by atoms with E-state index in [-0.39, 0.29) is 17.5 Å². The minimum atomic E-state index is -0.298. The van der Waals surface area contributed by atoms with Crippen molar-refractivity contribution in [2.75, 3.05) is 11.4 Å². The van der Waals surface area contributed by atoms with E-state index >= 15 is 0 Å². The molecule has 0 bridgehead atoms. The van der Waals surface area contributed by atoms with E-state index in [1.54, 1.807) is 0 Å². The topological polar surface area (TPSA) is 79.6 Å². The fourth-order valence-corrected chi connectivity index (χ4v) is 4.83. The van der Waals surface area contributed by atoms with Gasteiger partial charge in [-0.05, 0) is 18.4 Å². The summed E-state index contributed by atoms with van der Waals surface area (Å²) in [5, 5.41) is 8.16. The van der Waals surface area contributed by atoms with E-state index in [0.29, 0.717) is 22.3 Å². The number of carbonyl (C=O) groups is 1. The molecule has 2 aromatic heterocycles. The van der Waals surface area contributed by atoms with Gasteiger partial charge in [-0.15, -0.1) is 5.10 Å².